The molecule has 0 radical (unpaired) electrons. The quantitative estimate of drug-likeness (QED) is 0.157. The number of methoxy groups -OCH3 is 2. The third kappa shape index (κ3) is 11.3. The normalized spacial score (nSPS) is 20.4. The number of fused-ring (bicyclic) bond motifs is 9. The van der Waals surface area contributed by atoms with Crippen LogP contribution < -0.4 is 20.7 Å². The molecule has 1 N–H and O–H groups in total. The first-order valence-corrected chi connectivity index (χ1v) is 37.1. The van der Waals surface area contributed by atoms with E-state index in [4.69, 9.17) is 9.47 Å². The van der Waals surface area contributed by atoms with Crippen LogP contribution in [0.25, 0.3) is 22.3 Å². The highest BCUT2D eigenvalue weighted by Crippen LogP contribution is 2.57. The van der Waals surface area contributed by atoms with E-state index in [0.29, 0.717) is 100 Å². The van der Waals surface area contributed by atoms with Crippen molar-refractivity contribution in [2.75, 3.05) is 56.5 Å². The molecule has 20 nitrogen and oxygen atoms in total. The Kier molecular flexibility index (Phi) is 18.4. The lowest BCUT2D eigenvalue weighted by Crippen LogP contribution is -2.44. The fourth-order valence-electron chi connectivity index (χ4n) is 18.3. The standard InChI is InChI=1S/C26H24N2O5.C24H20N2O3.C22H24N2O2.C19H18N2O2/c1-13-27(2)18-12-17-15-8-6-7-9-16(15)24(29)22(17)21(23(18)26(31)28(13)3)14-10-19(32-4)25(30)20(11-14)33-5;1-25-19-13-17-15-10-6-7-11-16(15)22(27)20(17)18(12-14-8-4-3-5-9-14)21(19)23(28)26(2)24(25)29;1-12(2)10-17-19-16(14-8-6-7-9-15(14)21(19)25)11-18-20(17)22(26)24(5)13(3)23(18)4;1-10-16-14(12-7-5-6-8-13(12)18(16)22)9-15-17(10)19(23)21(4)11(2)20(15)3/h6-11,21,30H,1,12H2,2-5H3;3-11,18H,12-13H2,1-2H3;6-9,12,17H,3,10-11H2,1-2,4-5H3;5-8,10H,2,9H2,1,3-4H3. The van der Waals surface area contributed by atoms with Crippen LogP contribution in [-0.4, -0.2) is 141 Å². The highest BCUT2D eigenvalue weighted by molar-refractivity contribution is 6.26. The van der Waals surface area contributed by atoms with Crippen molar-refractivity contribution >= 4 is 63.1 Å². The zero-order valence-electron chi connectivity index (χ0n) is 64.5. The van der Waals surface area contributed by atoms with Crippen LogP contribution in [-0.2, 0) is 41.3 Å². The number of rotatable bonds is 7. The Bertz CT molecular complexity index is 5800. The van der Waals surface area contributed by atoms with E-state index in [-0.39, 0.29) is 87.1 Å². The summed E-state index contributed by atoms with van der Waals surface area (Å²) in [5.41, 5.74) is 20.7. The molecule has 11 aliphatic rings. The topological polar surface area (TPSA) is 222 Å². The van der Waals surface area contributed by atoms with E-state index < -0.39 is 5.92 Å². The Hall–Kier alpha value is -12.7. The summed E-state index contributed by atoms with van der Waals surface area (Å²) < 4.78 is 13.5. The largest absolute Gasteiger partial charge is 0.502 e. The van der Waals surface area contributed by atoms with Gasteiger partial charge in [0.1, 0.15) is 17.5 Å². The number of ether oxygens (including phenoxy) is 2. The number of aromatic hydroxyl groups is 1. The number of ketones is 4. The van der Waals surface area contributed by atoms with Crippen LogP contribution in [0.2, 0.25) is 0 Å². The fourth-order valence-corrected chi connectivity index (χ4v) is 18.3. The summed E-state index contributed by atoms with van der Waals surface area (Å²) >= 11 is 0. The van der Waals surface area contributed by atoms with Crippen LogP contribution in [0.3, 0.4) is 0 Å². The van der Waals surface area contributed by atoms with E-state index in [2.05, 4.69) is 33.6 Å². The Morgan fingerprint density at radius 3 is 1.23 bits per heavy atom. The summed E-state index contributed by atoms with van der Waals surface area (Å²) in [6.07, 6.45) is 3.41. The molecule has 0 spiro atoms. The zero-order valence-corrected chi connectivity index (χ0v) is 64.5. The summed E-state index contributed by atoms with van der Waals surface area (Å²) in [5.74, 6) is 0.977. The lowest BCUT2D eigenvalue weighted by molar-refractivity contribution is -0.127. The second-order valence-electron chi connectivity index (χ2n) is 30.3. The highest BCUT2D eigenvalue weighted by Gasteiger charge is 2.51. The number of hydrogen-bond acceptors (Lipinski definition) is 15. The van der Waals surface area contributed by atoms with Crippen molar-refractivity contribution in [3.63, 3.8) is 0 Å². The van der Waals surface area contributed by atoms with Gasteiger partial charge in [0.15, 0.2) is 34.6 Å². The van der Waals surface area contributed by atoms with E-state index in [1.807, 2.05) is 170 Å². The maximum Gasteiger partial charge on any atom is 0.330 e. The molecule has 8 aliphatic carbocycles. The van der Waals surface area contributed by atoms with Crippen LogP contribution >= 0.6 is 0 Å². The molecule has 7 aromatic rings. The van der Waals surface area contributed by atoms with Gasteiger partial charge in [0.25, 0.3) is 23.3 Å². The Morgan fingerprint density at radius 1 is 0.423 bits per heavy atom. The summed E-state index contributed by atoms with van der Waals surface area (Å²) in [4.78, 5) is 129. The number of likely N-dealkylation sites (N-methyl/N-ethyl adjacent to an activating group) is 3. The van der Waals surface area contributed by atoms with Gasteiger partial charge in [0.2, 0.25) is 5.75 Å². The molecule has 0 bridgehead atoms. The van der Waals surface area contributed by atoms with E-state index in [0.717, 1.165) is 112 Å². The molecular weight excluding hydrogens is 1400 g/mol. The van der Waals surface area contributed by atoms with E-state index in [1.54, 1.807) is 54.7 Å². The fraction of sp³-hybridized carbons (Fsp3) is 0.264. The molecule has 4 unspecified atom stereocenters. The number of allylic oxidation sites excluding steroid dienone is 8. The summed E-state index contributed by atoms with van der Waals surface area (Å²) in [6.45, 7) is 18.4. The number of carbonyl (C=O) groups excluding carboxylic acids is 7. The second-order valence-corrected chi connectivity index (χ2v) is 30.3. The molecule has 20 heteroatoms. The predicted octanol–water partition coefficient (Wildman–Crippen LogP) is 12.9. The SMILES string of the molecule is C=C1N(C)C(=O)C2=C(CC3=C(C(=O)c4ccccc43)C2C)N1C.C=C1N(C)C(=O)C2=C(CC3=C(C(=O)c4ccccc43)C2CC(C)C)N1C.C=C1N(C)C(=O)C2=C(CC3=C(C(=O)c4ccccc43)C2c2cc(OC)c(O)c(OC)c2)N1C.Cn1c2c(c(=O)n(C)c1=O)C(Cc1ccccc1)C1=C(C2)c2ccccc2C1=O. The van der Waals surface area contributed by atoms with E-state index in [1.165, 1.54) is 26.2 Å². The Balaban J connectivity index is 0.000000118. The molecule has 4 heterocycles. The number of aromatic nitrogens is 2. The smallest absolute Gasteiger partial charge is 0.330 e. The van der Waals surface area contributed by atoms with E-state index >= 15 is 0 Å². The van der Waals surface area contributed by atoms with Gasteiger partial charge in [-0.15, -0.1) is 0 Å². The molecule has 562 valence electrons. The van der Waals surface area contributed by atoms with Gasteiger partial charge >= 0.3 is 5.69 Å². The Labute approximate surface area is 643 Å². The predicted molar refractivity (Wildman–Crippen MR) is 424 cm³/mol. The number of carbonyl (C=O) groups is 7. The molecule has 4 atom stereocenters. The summed E-state index contributed by atoms with van der Waals surface area (Å²) in [5, 5.41) is 10.5. The number of hydrogen-bond donors (Lipinski definition) is 1. The zero-order chi connectivity index (χ0) is 79.1. The van der Waals surface area contributed by atoms with Crippen molar-refractivity contribution in [3.05, 3.63) is 321 Å². The van der Waals surface area contributed by atoms with Crippen molar-refractivity contribution in [2.45, 2.75) is 71.1 Å². The van der Waals surface area contributed by atoms with E-state index in [9.17, 15) is 48.3 Å². The van der Waals surface area contributed by atoms with Gasteiger partial charge in [-0.2, -0.15) is 0 Å². The van der Waals surface area contributed by atoms with Gasteiger partial charge in [-0.25, -0.2) is 4.79 Å². The average molecular weight is 1480 g/mol. The number of phenolic OH excluding ortho intramolecular Hbond substituents is 1. The number of phenols is 1. The van der Waals surface area contributed by atoms with Crippen LogP contribution in [0.15, 0.2) is 242 Å². The number of Topliss-reactive ketones (excluding diaryl/α,β-unsaturated/α-hetero) is 4. The van der Waals surface area contributed by atoms with Crippen molar-refractivity contribution in [1.82, 2.24) is 38.5 Å². The molecule has 1 aromatic heterocycles. The lowest BCUT2D eigenvalue weighted by Gasteiger charge is -2.42. The molecule has 0 fully saturated rings. The van der Waals surface area contributed by atoms with Crippen molar-refractivity contribution in [1.29, 1.82) is 0 Å². The summed E-state index contributed by atoms with van der Waals surface area (Å²) in [7, 11) is 17.0. The van der Waals surface area contributed by atoms with Gasteiger partial charge in [0, 0.05) is 195 Å². The second kappa shape index (κ2) is 27.8. The van der Waals surface area contributed by atoms with Crippen LogP contribution in [0, 0.1) is 17.8 Å². The van der Waals surface area contributed by atoms with Gasteiger partial charge in [-0.3, -0.25) is 62.2 Å². The first-order valence-electron chi connectivity index (χ1n) is 37.1. The van der Waals surface area contributed by atoms with Crippen LogP contribution in [0.5, 0.6) is 17.2 Å². The molecule has 3 aliphatic heterocycles. The average Bonchev–Trinajstić information content (AvgIpc) is 1.54. The first kappa shape index (κ1) is 73.8. The third-order valence-electron chi connectivity index (χ3n) is 24.2. The lowest BCUT2D eigenvalue weighted by atomic mass is 9.74. The minimum absolute atomic E-state index is 0.00177. The molecular formula is C91H86N8O12. The number of benzene rings is 6. The molecule has 0 saturated carbocycles. The van der Waals surface area contributed by atoms with Crippen molar-refractivity contribution in [2.24, 2.45) is 31.8 Å². The summed E-state index contributed by atoms with van der Waals surface area (Å²) in [6, 6.07) is 43.8. The van der Waals surface area contributed by atoms with Crippen LogP contribution in [0.1, 0.15) is 144 Å². The maximum absolute atomic E-state index is 13.7. The molecule has 0 saturated heterocycles. The molecule has 3 amide bonds. The van der Waals surface area contributed by atoms with Gasteiger partial charge in [0.05, 0.1) is 14.2 Å². The van der Waals surface area contributed by atoms with Crippen molar-refractivity contribution < 1.29 is 48.1 Å². The number of nitrogens with zero attached hydrogens (tertiary/aromatic N) is 8. The highest BCUT2D eigenvalue weighted by atomic mass is 16.5. The van der Waals surface area contributed by atoms with Gasteiger partial charge in [-0.1, -0.05) is 168 Å². The Morgan fingerprint density at radius 2 is 0.784 bits per heavy atom. The molecule has 18 rings (SSSR count). The van der Waals surface area contributed by atoms with Gasteiger partial charge in [-0.05, 0) is 86.6 Å². The monoisotopic (exact) mass is 1480 g/mol. The first-order chi connectivity index (χ1) is 53.0. The minimum atomic E-state index is -0.655. The van der Waals surface area contributed by atoms with Gasteiger partial charge < -0.3 is 29.3 Å². The van der Waals surface area contributed by atoms with Crippen LogP contribution in [0.4, 0.5) is 0 Å². The minimum Gasteiger partial charge on any atom is -0.502 e. The maximum atomic E-state index is 13.7. The molecule has 111 heavy (non-hydrogen) atoms. The number of amides is 3. The molecule has 6 aromatic carbocycles. The van der Waals surface area contributed by atoms with Crippen molar-refractivity contribution in [3.8, 4) is 17.2 Å². The third-order valence-corrected chi connectivity index (χ3v) is 24.2.